The number of benzene rings is 1. The molecule has 0 spiro atoms. The highest BCUT2D eigenvalue weighted by Gasteiger charge is 2.25. The number of rotatable bonds is 6. The molecule has 100 valence electrons. The predicted octanol–water partition coefficient (Wildman–Crippen LogP) is 2.60. The Morgan fingerprint density at radius 2 is 2.11 bits per heavy atom. The maximum Gasteiger partial charge on any atom is 0.119 e. The number of hydrogen-bond acceptors (Lipinski definition) is 3. The predicted molar refractivity (Wildman–Crippen MR) is 72.9 cm³/mol. The van der Waals surface area contributed by atoms with Crippen molar-refractivity contribution in [2.24, 2.45) is 0 Å². The number of hydrogen-bond donors (Lipinski definition) is 1. The Hall–Kier alpha value is -1.06. The molecule has 1 aliphatic rings. The van der Waals surface area contributed by atoms with Gasteiger partial charge in [-0.3, -0.25) is 4.90 Å². The van der Waals surface area contributed by atoms with Gasteiger partial charge in [0.05, 0.1) is 6.61 Å². The minimum absolute atomic E-state index is 0.284. The van der Waals surface area contributed by atoms with E-state index in [4.69, 9.17) is 9.84 Å². The van der Waals surface area contributed by atoms with Gasteiger partial charge in [0.2, 0.25) is 0 Å². The van der Waals surface area contributed by atoms with E-state index in [9.17, 15) is 0 Å². The summed E-state index contributed by atoms with van der Waals surface area (Å²) >= 11 is 0. The van der Waals surface area contributed by atoms with Crippen LogP contribution >= 0.6 is 0 Å². The lowest BCUT2D eigenvalue weighted by Gasteiger charge is -2.24. The Balaban J connectivity index is 2.00. The van der Waals surface area contributed by atoms with Crippen molar-refractivity contribution in [1.82, 2.24) is 4.90 Å². The fourth-order valence-electron chi connectivity index (χ4n) is 2.70. The molecule has 1 unspecified atom stereocenters. The topological polar surface area (TPSA) is 32.7 Å². The summed E-state index contributed by atoms with van der Waals surface area (Å²) in [6, 6.07) is 8.98. The van der Waals surface area contributed by atoms with Crippen molar-refractivity contribution >= 4 is 0 Å². The average molecular weight is 249 g/mol. The summed E-state index contributed by atoms with van der Waals surface area (Å²) in [5.41, 5.74) is 1.37. The molecular weight excluding hydrogens is 226 g/mol. The molecule has 1 aliphatic heterocycles. The largest absolute Gasteiger partial charge is 0.494 e. The first-order valence-electron chi connectivity index (χ1n) is 6.93. The van der Waals surface area contributed by atoms with Gasteiger partial charge in [0, 0.05) is 19.2 Å². The fourth-order valence-corrected chi connectivity index (χ4v) is 2.70. The van der Waals surface area contributed by atoms with Crippen molar-refractivity contribution in [3.63, 3.8) is 0 Å². The number of likely N-dealkylation sites (tertiary alicyclic amines) is 1. The molecule has 1 aromatic carbocycles. The number of ether oxygens (including phenoxy) is 1. The standard InChI is InChI=1S/C15H23NO2/c1-2-18-14-8-6-13(7-9-14)15-5-3-10-16(15)11-4-12-17/h6-9,15,17H,2-5,10-12H2,1H3. The first kappa shape index (κ1) is 13.4. The van der Waals surface area contributed by atoms with Crippen LogP contribution in [0.25, 0.3) is 0 Å². The number of nitrogens with zero attached hydrogens (tertiary/aromatic N) is 1. The lowest BCUT2D eigenvalue weighted by molar-refractivity contribution is 0.213. The van der Waals surface area contributed by atoms with Gasteiger partial charge in [-0.15, -0.1) is 0 Å². The summed E-state index contributed by atoms with van der Waals surface area (Å²) < 4.78 is 5.47. The van der Waals surface area contributed by atoms with E-state index in [1.807, 2.05) is 6.92 Å². The molecule has 0 aromatic heterocycles. The molecule has 1 heterocycles. The third-order valence-electron chi connectivity index (χ3n) is 3.54. The zero-order chi connectivity index (χ0) is 12.8. The molecule has 2 rings (SSSR count). The minimum Gasteiger partial charge on any atom is -0.494 e. The highest BCUT2D eigenvalue weighted by atomic mass is 16.5. The Bertz CT molecular complexity index is 350. The van der Waals surface area contributed by atoms with Crippen LogP contribution < -0.4 is 4.74 Å². The van der Waals surface area contributed by atoms with Crippen LogP contribution in [0.4, 0.5) is 0 Å². The van der Waals surface area contributed by atoms with Gasteiger partial charge in [0.15, 0.2) is 0 Å². The quantitative estimate of drug-likeness (QED) is 0.841. The zero-order valence-corrected chi connectivity index (χ0v) is 11.1. The van der Waals surface area contributed by atoms with Crippen LogP contribution in [0.15, 0.2) is 24.3 Å². The van der Waals surface area contributed by atoms with E-state index in [1.54, 1.807) is 0 Å². The molecule has 1 aromatic rings. The van der Waals surface area contributed by atoms with E-state index in [0.29, 0.717) is 12.6 Å². The molecule has 0 radical (unpaired) electrons. The minimum atomic E-state index is 0.284. The summed E-state index contributed by atoms with van der Waals surface area (Å²) in [7, 11) is 0. The molecule has 0 amide bonds. The molecule has 3 heteroatoms. The molecule has 18 heavy (non-hydrogen) atoms. The molecule has 1 fully saturated rings. The zero-order valence-electron chi connectivity index (χ0n) is 11.1. The van der Waals surface area contributed by atoms with Gasteiger partial charge in [0.25, 0.3) is 0 Å². The van der Waals surface area contributed by atoms with E-state index in [1.165, 1.54) is 18.4 Å². The van der Waals surface area contributed by atoms with Gasteiger partial charge in [-0.25, -0.2) is 0 Å². The van der Waals surface area contributed by atoms with Crippen LogP contribution in [-0.2, 0) is 0 Å². The molecular formula is C15H23NO2. The van der Waals surface area contributed by atoms with Gasteiger partial charge >= 0.3 is 0 Å². The van der Waals surface area contributed by atoms with E-state index in [-0.39, 0.29) is 6.61 Å². The van der Waals surface area contributed by atoms with Gasteiger partial charge in [-0.1, -0.05) is 12.1 Å². The Labute approximate surface area is 109 Å². The molecule has 0 saturated carbocycles. The van der Waals surface area contributed by atoms with E-state index in [2.05, 4.69) is 29.2 Å². The van der Waals surface area contributed by atoms with Crippen molar-refractivity contribution in [3.8, 4) is 5.75 Å². The third kappa shape index (κ3) is 3.24. The summed E-state index contributed by atoms with van der Waals surface area (Å²) in [6.07, 6.45) is 3.34. The molecule has 0 bridgehead atoms. The van der Waals surface area contributed by atoms with Crippen molar-refractivity contribution in [2.45, 2.75) is 32.2 Å². The van der Waals surface area contributed by atoms with Crippen molar-refractivity contribution in [2.75, 3.05) is 26.3 Å². The second-order valence-corrected chi connectivity index (χ2v) is 4.77. The van der Waals surface area contributed by atoms with Crippen molar-refractivity contribution in [1.29, 1.82) is 0 Å². The second-order valence-electron chi connectivity index (χ2n) is 4.77. The number of aliphatic hydroxyl groups is 1. The number of aliphatic hydroxyl groups excluding tert-OH is 1. The van der Waals surface area contributed by atoms with Gasteiger partial charge < -0.3 is 9.84 Å². The van der Waals surface area contributed by atoms with Crippen LogP contribution in [-0.4, -0.2) is 36.3 Å². The fraction of sp³-hybridized carbons (Fsp3) is 0.600. The summed E-state index contributed by atoms with van der Waals surface area (Å²) in [5, 5.41) is 8.94. The van der Waals surface area contributed by atoms with Crippen LogP contribution in [0.5, 0.6) is 5.75 Å². The van der Waals surface area contributed by atoms with Crippen molar-refractivity contribution < 1.29 is 9.84 Å². The summed E-state index contributed by atoms with van der Waals surface area (Å²) in [4.78, 5) is 2.48. The summed E-state index contributed by atoms with van der Waals surface area (Å²) in [6.45, 7) is 5.14. The van der Waals surface area contributed by atoms with Gasteiger partial charge in [-0.2, -0.15) is 0 Å². The second kappa shape index (κ2) is 6.76. The molecule has 1 saturated heterocycles. The van der Waals surface area contributed by atoms with E-state index >= 15 is 0 Å². The maximum absolute atomic E-state index is 8.94. The van der Waals surface area contributed by atoms with Crippen LogP contribution in [0.1, 0.15) is 37.8 Å². The first-order valence-corrected chi connectivity index (χ1v) is 6.93. The molecule has 0 aliphatic carbocycles. The SMILES string of the molecule is CCOc1ccc(C2CCCN2CCCO)cc1. The molecule has 3 nitrogen and oxygen atoms in total. The molecule has 1 N–H and O–H groups in total. The molecule has 1 atom stereocenters. The highest BCUT2D eigenvalue weighted by molar-refractivity contribution is 5.29. The van der Waals surface area contributed by atoms with Gasteiger partial charge in [0.1, 0.15) is 5.75 Å². The van der Waals surface area contributed by atoms with Crippen molar-refractivity contribution in [3.05, 3.63) is 29.8 Å². The normalized spacial score (nSPS) is 20.2. The lowest BCUT2D eigenvalue weighted by atomic mass is 10.0. The first-order chi connectivity index (χ1) is 8.85. The monoisotopic (exact) mass is 249 g/mol. The summed E-state index contributed by atoms with van der Waals surface area (Å²) in [5.74, 6) is 0.946. The average Bonchev–Trinajstić information content (AvgIpc) is 2.86. The maximum atomic E-state index is 8.94. The van der Waals surface area contributed by atoms with Gasteiger partial charge in [-0.05, 0) is 50.4 Å². The Morgan fingerprint density at radius 3 is 2.78 bits per heavy atom. The van der Waals surface area contributed by atoms with E-state index in [0.717, 1.165) is 25.3 Å². The Morgan fingerprint density at radius 1 is 1.33 bits per heavy atom. The van der Waals surface area contributed by atoms with Crippen LogP contribution in [0, 0.1) is 0 Å². The lowest BCUT2D eigenvalue weighted by Crippen LogP contribution is -2.25. The third-order valence-corrected chi connectivity index (χ3v) is 3.54. The Kier molecular flexibility index (Phi) is 5.02. The highest BCUT2D eigenvalue weighted by Crippen LogP contribution is 2.32. The van der Waals surface area contributed by atoms with Crippen LogP contribution in [0.3, 0.4) is 0 Å². The smallest absolute Gasteiger partial charge is 0.119 e. The van der Waals surface area contributed by atoms with Crippen LogP contribution in [0.2, 0.25) is 0 Å². The van der Waals surface area contributed by atoms with E-state index < -0.39 is 0 Å².